The monoisotopic (exact) mass is 494 g/mol. The third-order valence-corrected chi connectivity index (χ3v) is 6.87. The van der Waals surface area contributed by atoms with Crippen molar-refractivity contribution in [3.8, 4) is 5.75 Å². The van der Waals surface area contributed by atoms with Gasteiger partial charge in [-0.25, -0.2) is 9.50 Å². The Morgan fingerprint density at radius 3 is 2.61 bits per heavy atom. The van der Waals surface area contributed by atoms with E-state index in [4.69, 9.17) is 4.74 Å². The smallest absolute Gasteiger partial charge is 0.253 e. The number of Topliss-reactive ketones (excluding diaryl/α,β-unsaturated/α-hetero) is 1. The van der Waals surface area contributed by atoms with Crippen LogP contribution in [0.15, 0.2) is 64.4 Å². The molecule has 1 aliphatic carbocycles. The van der Waals surface area contributed by atoms with Crippen molar-refractivity contribution in [1.82, 2.24) is 19.6 Å². The lowest BCUT2D eigenvalue weighted by Gasteiger charge is -2.23. The Labute approximate surface area is 192 Å². The first-order valence-corrected chi connectivity index (χ1v) is 11.7. The summed E-state index contributed by atoms with van der Waals surface area (Å²) in [6, 6.07) is 16.1. The third kappa shape index (κ3) is 4.22. The average molecular weight is 495 g/mol. The number of hydrogen-bond donors (Lipinski definition) is 0. The van der Waals surface area contributed by atoms with Gasteiger partial charge in [0.15, 0.2) is 5.78 Å². The number of ketones is 1. The van der Waals surface area contributed by atoms with E-state index >= 15 is 0 Å². The van der Waals surface area contributed by atoms with Crippen LogP contribution in [0.1, 0.15) is 39.5 Å². The molecule has 5 rings (SSSR count). The van der Waals surface area contributed by atoms with Crippen molar-refractivity contribution < 1.29 is 9.53 Å². The van der Waals surface area contributed by atoms with Gasteiger partial charge < -0.3 is 4.74 Å². The second-order valence-corrected chi connectivity index (χ2v) is 9.32. The Morgan fingerprint density at radius 2 is 1.87 bits per heavy atom. The fourth-order valence-corrected chi connectivity index (χ4v) is 4.81. The highest BCUT2D eigenvalue weighted by Crippen LogP contribution is 2.33. The molecule has 2 aromatic carbocycles. The summed E-state index contributed by atoms with van der Waals surface area (Å²) in [6.45, 7) is 0. The standard InChI is InChI=1S/C23H19BrN4O2S/c1-30-18-8-4-15(5-9-18)16-10-20-19(21(29)11-16)12-28-22(25-20)26-23(27-28)31-13-14-2-6-17(24)7-3-14/h2-9,12,16H,10-11,13H2,1H3/t16-/m0/s1. The second kappa shape index (κ2) is 8.43. The first-order valence-electron chi connectivity index (χ1n) is 9.90. The van der Waals surface area contributed by atoms with Gasteiger partial charge in [0.2, 0.25) is 5.16 Å². The first kappa shape index (κ1) is 20.2. The van der Waals surface area contributed by atoms with Crippen LogP contribution in [0, 0.1) is 0 Å². The van der Waals surface area contributed by atoms with Crippen LogP contribution in [0.5, 0.6) is 5.75 Å². The van der Waals surface area contributed by atoms with Crippen LogP contribution in [-0.4, -0.2) is 32.5 Å². The van der Waals surface area contributed by atoms with Gasteiger partial charge in [-0.1, -0.05) is 52.0 Å². The molecule has 0 saturated heterocycles. The van der Waals surface area contributed by atoms with E-state index in [2.05, 4.69) is 43.1 Å². The fraction of sp³-hybridized carbons (Fsp3) is 0.217. The van der Waals surface area contributed by atoms with Crippen molar-refractivity contribution in [3.63, 3.8) is 0 Å². The minimum Gasteiger partial charge on any atom is -0.497 e. The van der Waals surface area contributed by atoms with Crippen LogP contribution >= 0.6 is 27.7 Å². The van der Waals surface area contributed by atoms with Gasteiger partial charge in [0.25, 0.3) is 5.78 Å². The number of carbonyl (C=O) groups is 1. The maximum atomic E-state index is 12.8. The summed E-state index contributed by atoms with van der Waals surface area (Å²) in [5.41, 5.74) is 3.75. The predicted molar refractivity (Wildman–Crippen MR) is 123 cm³/mol. The molecule has 0 aliphatic heterocycles. The largest absolute Gasteiger partial charge is 0.497 e. The summed E-state index contributed by atoms with van der Waals surface area (Å²) in [7, 11) is 1.65. The lowest BCUT2D eigenvalue weighted by molar-refractivity contribution is 0.0962. The van der Waals surface area contributed by atoms with Crippen molar-refractivity contribution in [1.29, 1.82) is 0 Å². The number of carbonyl (C=O) groups excluding carboxylic acids is 1. The Hall–Kier alpha value is -2.71. The number of halogens is 1. The molecule has 0 fully saturated rings. The number of fused-ring (bicyclic) bond motifs is 2. The molecule has 8 heteroatoms. The normalized spacial score (nSPS) is 15.8. The highest BCUT2D eigenvalue weighted by molar-refractivity contribution is 9.10. The zero-order valence-corrected chi connectivity index (χ0v) is 19.2. The zero-order valence-electron chi connectivity index (χ0n) is 16.8. The highest BCUT2D eigenvalue weighted by Gasteiger charge is 2.28. The van der Waals surface area contributed by atoms with E-state index in [1.807, 2.05) is 36.4 Å². The van der Waals surface area contributed by atoms with Gasteiger partial charge in [-0.3, -0.25) is 4.79 Å². The Morgan fingerprint density at radius 1 is 1.10 bits per heavy atom. The van der Waals surface area contributed by atoms with Crippen molar-refractivity contribution in [2.75, 3.05) is 7.11 Å². The molecule has 0 N–H and O–H groups in total. The lowest BCUT2D eigenvalue weighted by atomic mass is 9.82. The molecule has 1 atom stereocenters. The molecule has 31 heavy (non-hydrogen) atoms. The van der Waals surface area contributed by atoms with Gasteiger partial charge in [0, 0.05) is 22.8 Å². The summed E-state index contributed by atoms with van der Waals surface area (Å²) in [5, 5.41) is 5.16. The molecular weight excluding hydrogens is 476 g/mol. The van der Waals surface area contributed by atoms with Gasteiger partial charge in [-0.2, -0.15) is 4.98 Å². The number of benzene rings is 2. The molecule has 0 bridgehead atoms. The van der Waals surface area contributed by atoms with E-state index in [1.54, 1.807) is 29.6 Å². The maximum absolute atomic E-state index is 12.8. The van der Waals surface area contributed by atoms with Crippen LogP contribution in [0.25, 0.3) is 5.78 Å². The van der Waals surface area contributed by atoms with Crippen LogP contribution in [0.2, 0.25) is 0 Å². The maximum Gasteiger partial charge on any atom is 0.253 e. The van der Waals surface area contributed by atoms with E-state index in [0.717, 1.165) is 27.2 Å². The van der Waals surface area contributed by atoms with Gasteiger partial charge >= 0.3 is 0 Å². The summed E-state index contributed by atoms with van der Waals surface area (Å²) in [5.74, 6) is 2.30. The topological polar surface area (TPSA) is 69.4 Å². The molecule has 4 aromatic rings. The van der Waals surface area contributed by atoms with Gasteiger partial charge in [-0.15, -0.1) is 5.10 Å². The van der Waals surface area contributed by atoms with Crippen molar-refractivity contribution >= 4 is 39.3 Å². The number of nitrogens with zero attached hydrogens (tertiary/aromatic N) is 4. The molecule has 0 spiro atoms. The van der Waals surface area contributed by atoms with Crippen molar-refractivity contribution in [2.45, 2.75) is 29.7 Å². The molecule has 2 aromatic heterocycles. The SMILES string of the molecule is COc1ccc([C@@H]2CC(=O)c3cn4nc(SCc5ccc(Br)cc5)nc4nc3C2)cc1. The number of rotatable bonds is 5. The molecule has 0 amide bonds. The Bertz CT molecular complexity index is 1260. The van der Waals surface area contributed by atoms with E-state index < -0.39 is 0 Å². The Balaban J connectivity index is 1.38. The van der Waals surface area contributed by atoms with Crippen molar-refractivity contribution in [3.05, 3.63) is 81.6 Å². The Kier molecular flexibility index (Phi) is 5.50. The van der Waals surface area contributed by atoms with E-state index in [9.17, 15) is 4.79 Å². The number of hydrogen-bond acceptors (Lipinski definition) is 6. The fourth-order valence-electron chi connectivity index (χ4n) is 3.77. The summed E-state index contributed by atoms with van der Waals surface area (Å²) in [4.78, 5) is 22.1. The van der Waals surface area contributed by atoms with E-state index in [0.29, 0.717) is 29.3 Å². The van der Waals surface area contributed by atoms with Gasteiger partial charge in [0.05, 0.1) is 18.4 Å². The minimum absolute atomic E-state index is 0.0935. The number of aromatic nitrogens is 4. The summed E-state index contributed by atoms with van der Waals surface area (Å²) in [6.07, 6.45) is 2.95. The predicted octanol–water partition coefficient (Wildman–Crippen LogP) is 5.10. The second-order valence-electron chi connectivity index (χ2n) is 7.46. The quantitative estimate of drug-likeness (QED) is 0.359. The van der Waals surface area contributed by atoms with Gasteiger partial charge in [0.1, 0.15) is 5.75 Å². The lowest BCUT2D eigenvalue weighted by Crippen LogP contribution is -2.21. The highest BCUT2D eigenvalue weighted by atomic mass is 79.9. The van der Waals surface area contributed by atoms with Crippen LogP contribution in [-0.2, 0) is 12.2 Å². The minimum atomic E-state index is 0.0935. The third-order valence-electron chi connectivity index (χ3n) is 5.43. The van der Waals surface area contributed by atoms with Crippen LogP contribution in [0.3, 0.4) is 0 Å². The van der Waals surface area contributed by atoms with E-state index in [1.165, 1.54) is 5.56 Å². The summed E-state index contributed by atoms with van der Waals surface area (Å²) < 4.78 is 7.91. The summed E-state index contributed by atoms with van der Waals surface area (Å²) >= 11 is 5.01. The number of methoxy groups -OCH3 is 1. The average Bonchev–Trinajstić information content (AvgIpc) is 3.19. The van der Waals surface area contributed by atoms with Gasteiger partial charge in [-0.05, 0) is 47.7 Å². The van der Waals surface area contributed by atoms with Crippen LogP contribution in [0.4, 0.5) is 0 Å². The number of ether oxygens (including phenoxy) is 1. The number of thioether (sulfide) groups is 1. The molecule has 0 unspecified atom stereocenters. The van der Waals surface area contributed by atoms with Crippen LogP contribution < -0.4 is 4.74 Å². The molecule has 0 radical (unpaired) electrons. The van der Waals surface area contributed by atoms with Crippen molar-refractivity contribution in [2.24, 2.45) is 0 Å². The first-order chi connectivity index (χ1) is 15.1. The molecule has 6 nitrogen and oxygen atoms in total. The molecule has 156 valence electrons. The molecular formula is C23H19BrN4O2S. The molecule has 0 saturated carbocycles. The molecule has 1 aliphatic rings. The van der Waals surface area contributed by atoms with E-state index in [-0.39, 0.29) is 11.7 Å². The molecule has 2 heterocycles. The zero-order chi connectivity index (χ0) is 21.4.